The molecule has 0 saturated carbocycles. The van der Waals surface area contributed by atoms with Crippen LogP contribution in [0.25, 0.3) is 33.4 Å². The van der Waals surface area contributed by atoms with Crippen LogP contribution in [-0.2, 0) is 16.2 Å². The quantitative estimate of drug-likeness (QED) is 0.184. The number of ether oxygens (including phenoxy) is 1. The molecular formula is C33H33N4O6+. The molecule has 0 fully saturated rings. The second kappa shape index (κ2) is 12.2. The highest BCUT2D eigenvalue weighted by atomic mass is 16.5. The van der Waals surface area contributed by atoms with Crippen molar-refractivity contribution in [1.82, 2.24) is 9.56 Å². The Hall–Kier alpha value is -5.38. The highest BCUT2D eigenvalue weighted by Crippen LogP contribution is 2.43. The number of rotatable bonds is 10. The zero-order chi connectivity index (χ0) is 30.7. The molecule has 0 bridgehead atoms. The number of pyridine rings is 1. The lowest BCUT2D eigenvalue weighted by Gasteiger charge is -2.25. The Labute approximate surface area is 248 Å². The Morgan fingerprint density at radius 3 is 2.35 bits per heavy atom. The molecule has 0 atom stereocenters. The van der Waals surface area contributed by atoms with Gasteiger partial charge in [-0.3, -0.25) is 14.6 Å². The molecule has 3 aromatic rings. The third kappa shape index (κ3) is 6.43. The fourth-order valence-electron chi connectivity index (χ4n) is 4.97. The summed E-state index contributed by atoms with van der Waals surface area (Å²) in [6.45, 7) is -0.917. The van der Waals surface area contributed by atoms with Gasteiger partial charge in [0.2, 0.25) is 5.36 Å². The van der Waals surface area contributed by atoms with Crippen molar-refractivity contribution in [2.45, 2.75) is 6.61 Å². The molecule has 0 spiro atoms. The molecule has 2 heterocycles. The maximum atomic E-state index is 11.7. The van der Waals surface area contributed by atoms with E-state index in [9.17, 15) is 19.8 Å². The number of aromatic nitrogens is 1. The van der Waals surface area contributed by atoms with Gasteiger partial charge >= 0.3 is 11.9 Å². The van der Waals surface area contributed by atoms with E-state index in [0.717, 1.165) is 33.1 Å². The minimum atomic E-state index is -1.16. The van der Waals surface area contributed by atoms with Crippen molar-refractivity contribution < 1.29 is 29.0 Å². The normalized spacial score (nSPS) is 11.0. The first kappa shape index (κ1) is 29.1. The molecule has 2 aromatic carbocycles. The number of hydrogen-bond donors (Lipinski definition) is 2. The van der Waals surface area contributed by atoms with Crippen LogP contribution in [0.1, 0.15) is 5.69 Å². The standard InChI is InChI=1S/C33H32N4O6/c1-35(2)23-9-11-25-28(16-23)43-29-17-24(36(3)4)10-12-26(29)33(25)21-8-13-27(37(18-31(38)39)19-32(40)41)30(15-21)42-20-22-7-5-6-14-34-22/h5-17H,18-20H2,1-4H3,(H-,38,39,40,41)/p+1. The molecule has 1 aliphatic heterocycles. The molecule has 2 N–H and O–H groups in total. The molecule has 10 nitrogen and oxygen atoms in total. The van der Waals surface area contributed by atoms with E-state index in [0.29, 0.717) is 28.5 Å². The molecular weight excluding hydrogens is 548 g/mol. The third-order valence-electron chi connectivity index (χ3n) is 7.06. The lowest BCUT2D eigenvalue weighted by molar-refractivity contribution is -0.136. The van der Waals surface area contributed by atoms with Gasteiger partial charge in [0.1, 0.15) is 50.9 Å². The predicted molar refractivity (Wildman–Crippen MR) is 166 cm³/mol. The Morgan fingerprint density at radius 2 is 1.70 bits per heavy atom. The van der Waals surface area contributed by atoms with Crippen LogP contribution in [0, 0.1) is 0 Å². The number of hydrogen-bond acceptors (Lipinski definition) is 7. The lowest BCUT2D eigenvalue weighted by atomic mass is 9.93. The van der Waals surface area contributed by atoms with Gasteiger partial charge in [-0.15, -0.1) is 0 Å². The molecule has 43 heavy (non-hydrogen) atoms. The number of carboxylic acid groups (broad SMARTS) is 2. The van der Waals surface area contributed by atoms with Gasteiger partial charge in [-0.2, -0.15) is 0 Å². The van der Waals surface area contributed by atoms with Crippen LogP contribution >= 0.6 is 0 Å². The van der Waals surface area contributed by atoms with E-state index in [2.05, 4.69) is 4.98 Å². The monoisotopic (exact) mass is 581 g/mol. The number of benzene rings is 3. The van der Waals surface area contributed by atoms with Gasteiger partial charge in [-0.1, -0.05) is 12.1 Å². The average molecular weight is 582 g/mol. The first-order valence-corrected chi connectivity index (χ1v) is 13.6. The van der Waals surface area contributed by atoms with Crippen molar-refractivity contribution in [1.29, 1.82) is 0 Å². The summed E-state index contributed by atoms with van der Waals surface area (Å²) >= 11 is 0. The van der Waals surface area contributed by atoms with E-state index >= 15 is 0 Å². The Kier molecular flexibility index (Phi) is 8.29. The van der Waals surface area contributed by atoms with Crippen molar-refractivity contribution in [2.75, 3.05) is 51.1 Å². The number of carboxylic acids is 2. The molecule has 0 radical (unpaired) electrons. The summed E-state index contributed by atoms with van der Waals surface area (Å²) in [5.41, 5.74) is 5.29. The van der Waals surface area contributed by atoms with Gasteiger partial charge < -0.3 is 29.2 Å². The summed E-state index contributed by atoms with van der Waals surface area (Å²) in [5.74, 6) is -1.28. The summed E-state index contributed by atoms with van der Waals surface area (Å²) in [5, 5.41) is 21.0. The molecule has 0 unspecified atom stereocenters. The van der Waals surface area contributed by atoms with Gasteiger partial charge in [0.05, 0.1) is 17.4 Å². The number of fused-ring (bicyclic) bond motifs is 2. The van der Waals surface area contributed by atoms with Crippen molar-refractivity contribution in [3.63, 3.8) is 0 Å². The fourth-order valence-corrected chi connectivity index (χ4v) is 4.97. The van der Waals surface area contributed by atoms with Crippen LogP contribution < -0.4 is 24.5 Å². The summed E-state index contributed by atoms with van der Waals surface area (Å²) < 4.78 is 14.7. The van der Waals surface area contributed by atoms with E-state index in [4.69, 9.17) is 9.15 Å². The fraction of sp³-hybridized carbons (Fsp3) is 0.212. The number of aliphatic carboxylic acids is 2. The van der Waals surface area contributed by atoms with Gasteiger partial charge in [0.25, 0.3) is 0 Å². The highest BCUT2D eigenvalue weighted by molar-refractivity contribution is 6.03. The molecule has 5 rings (SSSR count). The first-order valence-electron chi connectivity index (χ1n) is 13.6. The molecule has 0 amide bonds. The van der Waals surface area contributed by atoms with Crippen LogP contribution in [0.2, 0.25) is 0 Å². The van der Waals surface area contributed by atoms with Gasteiger partial charge in [-0.05, 0) is 48.0 Å². The molecule has 1 aliphatic carbocycles. The summed E-state index contributed by atoms with van der Waals surface area (Å²) in [4.78, 5) is 31.0. The number of anilines is 2. The Morgan fingerprint density at radius 1 is 0.930 bits per heavy atom. The minimum absolute atomic E-state index is 0.106. The molecule has 2 aliphatic rings. The Bertz CT molecular complexity index is 1830. The van der Waals surface area contributed by atoms with Crippen molar-refractivity contribution in [2.24, 2.45) is 0 Å². The second-order valence-electron chi connectivity index (χ2n) is 10.6. The van der Waals surface area contributed by atoms with E-state index in [1.165, 1.54) is 4.90 Å². The van der Waals surface area contributed by atoms with Crippen LogP contribution in [-0.4, -0.2) is 68.4 Å². The highest BCUT2D eigenvalue weighted by Gasteiger charge is 2.23. The SMILES string of the molecule is CN(C)c1ccc2c(-c3ccc(N(CC(=O)O)CC(=O)O)c(OCc4ccccn4)c3)c3ccc(=[N+](C)C)cc-3oc2c1. The topological polar surface area (TPSA) is 119 Å². The summed E-state index contributed by atoms with van der Waals surface area (Å²) in [7, 11) is 7.88. The molecule has 10 heteroatoms. The van der Waals surface area contributed by atoms with E-state index in [1.54, 1.807) is 18.3 Å². The number of nitrogens with zero attached hydrogens (tertiary/aromatic N) is 4. The van der Waals surface area contributed by atoms with E-state index in [-0.39, 0.29) is 6.61 Å². The predicted octanol–water partition coefficient (Wildman–Crippen LogP) is 4.25. The van der Waals surface area contributed by atoms with Crippen molar-refractivity contribution >= 4 is 34.3 Å². The van der Waals surface area contributed by atoms with Gasteiger partial charge in [-0.25, -0.2) is 4.58 Å². The van der Waals surface area contributed by atoms with Gasteiger partial charge in [0.15, 0.2) is 0 Å². The van der Waals surface area contributed by atoms with Gasteiger partial charge in [0, 0.05) is 54.6 Å². The van der Waals surface area contributed by atoms with E-state index < -0.39 is 25.0 Å². The Balaban J connectivity index is 1.74. The minimum Gasteiger partial charge on any atom is -0.485 e. The van der Waals surface area contributed by atoms with Crippen molar-refractivity contribution in [3.8, 4) is 28.2 Å². The average Bonchev–Trinajstić information content (AvgIpc) is 2.97. The molecule has 1 aromatic heterocycles. The zero-order valence-corrected chi connectivity index (χ0v) is 24.4. The largest absolute Gasteiger partial charge is 0.485 e. The lowest BCUT2D eigenvalue weighted by Crippen LogP contribution is -2.34. The van der Waals surface area contributed by atoms with Crippen LogP contribution in [0.15, 0.2) is 83.4 Å². The summed E-state index contributed by atoms with van der Waals surface area (Å²) in [6.07, 6.45) is 1.66. The van der Waals surface area contributed by atoms with E-state index in [1.807, 2.05) is 98.3 Å². The maximum absolute atomic E-state index is 11.7. The third-order valence-corrected chi connectivity index (χ3v) is 7.06. The first-order chi connectivity index (χ1) is 20.6. The summed E-state index contributed by atoms with van der Waals surface area (Å²) in [6, 6.07) is 22.9. The van der Waals surface area contributed by atoms with Crippen molar-refractivity contribution in [3.05, 3.63) is 90.0 Å². The maximum Gasteiger partial charge on any atom is 0.323 e. The molecule has 0 saturated heterocycles. The molecule has 220 valence electrons. The van der Waals surface area contributed by atoms with Crippen LogP contribution in [0.4, 0.5) is 11.4 Å². The van der Waals surface area contributed by atoms with Crippen LogP contribution in [0.5, 0.6) is 5.75 Å². The zero-order valence-electron chi connectivity index (χ0n) is 24.4. The van der Waals surface area contributed by atoms with Crippen LogP contribution in [0.3, 0.4) is 0 Å². The number of carbonyl (C=O) groups is 2. The second-order valence-corrected chi connectivity index (χ2v) is 10.6. The smallest absolute Gasteiger partial charge is 0.323 e.